The van der Waals surface area contributed by atoms with Crippen molar-refractivity contribution in [1.82, 2.24) is 14.9 Å². The Balaban J connectivity index is 1.31. The van der Waals surface area contributed by atoms with Gasteiger partial charge in [0.25, 0.3) is 0 Å². The molecule has 0 fully saturated rings. The zero-order valence-electron chi connectivity index (χ0n) is 23.1. The fourth-order valence-corrected chi connectivity index (χ4v) is 4.72. The lowest BCUT2D eigenvalue weighted by Gasteiger charge is -2.24. The molecule has 1 aromatic carbocycles. The van der Waals surface area contributed by atoms with E-state index in [0.717, 1.165) is 73.7 Å². The van der Waals surface area contributed by atoms with Gasteiger partial charge in [-0.1, -0.05) is 34.0 Å². The number of carbonyl (C=O) groups is 1. The molecule has 3 aromatic rings. The van der Waals surface area contributed by atoms with Gasteiger partial charge in [0.05, 0.1) is 0 Å². The second-order valence-electron chi connectivity index (χ2n) is 10.0. The maximum atomic E-state index is 12.4. The first-order valence-corrected chi connectivity index (χ1v) is 13.9. The smallest absolute Gasteiger partial charge is 0.428 e. The quantitative estimate of drug-likeness (QED) is 0.150. The molecule has 1 atom stereocenters. The number of fused-ring (bicyclic) bond motifs is 1. The van der Waals surface area contributed by atoms with Crippen LogP contribution in [0.2, 0.25) is 0 Å². The topological polar surface area (TPSA) is 127 Å². The predicted molar refractivity (Wildman–Crippen MR) is 151 cm³/mol. The second kappa shape index (κ2) is 14.8. The number of benzene rings is 1. The number of aromatic nitrogens is 3. The van der Waals surface area contributed by atoms with Crippen LogP contribution in [0.3, 0.4) is 0 Å². The lowest BCUT2D eigenvalue weighted by Crippen LogP contribution is -2.42. The second-order valence-corrected chi connectivity index (χ2v) is 10.0. The zero-order valence-corrected chi connectivity index (χ0v) is 23.1. The first-order chi connectivity index (χ1) is 19.5. The average molecular weight is 545 g/mol. The summed E-state index contributed by atoms with van der Waals surface area (Å²) in [6.07, 6.45) is 8.30. The van der Waals surface area contributed by atoms with E-state index in [0.29, 0.717) is 19.6 Å². The van der Waals surface area contributed by atoms with Gasteiger partial charge >= 0.3 is 5.95 Å². The molecule has 40 heavy (non-hydrogen) atoms. The number of nitrogens with zero attached hydrogens (tertiary/aromatic N) is 5. The van der Waals surface area contributed by atoms with Gasteiger partial charge in [-0.05, 0) is 69.3 Å². The molecule has 10 heteroatoms. The average Bonchev–Trinajstić information content (AvgIpc) is 2.97. The van der Waals surface area contributed by atoms with Gasteiger partial charge in [0.15, 0.2) is 5.78 Å². The summed E-state index contributed by atoms with van der Waals surface area (Å²) < 4.78 is 6.68. The van der Waals surface area contributed by atoms with E-state index in [-0.39, 0.29) is 17.3 Å². The van der Waals surface area contributed by atoms with Crippen molar-refractivity contribution in [2.24, 2.45) is 0 Å². The summed E-state index contributed by atoms with van der Waals surface area (Å²) in [5, 5.41) is 25.6. The lowest BCUT2D eigenvalue weighted by molar-refractivity contribution is -0.895. The van der Waals surface area contributed by atoms with Crippen molar-refractivity contribution < 1.29 is 19.5 Å². The van der Waals surface area contributed by atoms with Crippen LogP contribution in [0.4, 0.5) is 11.8 Å². The number of para-hydroxylation sites is 1. The molecule has 3 heterocycles. The van der Waals surface area contributed by atoms with Crippen molar-refractivity contribution in [3.05, 3.63) is 71.7 Å². The van der Waals surface area contributed by atoms with Crippen molar-refractivity contribution in [3.63, 3.8) is 0 Å². The van der Waals surface area contributed by atoms with Crippen LogP contribution >= 0.6 is 0 Å². The molecule has 1 aliphatic rings. The highest BCUT2D eigenvalue weighted by Crippen LogP contribution is 2.20. The van der Waals surface area contributed by atoms with Crippen molar-refractivity contribution in [2.45, 2.75) is 51.5 Å². The van der Waals surface area contributed by atoms with Gasteiger partial charge in [0, 0.05) is 31.7 Å². The van der Waals surface area contributed by atoms with E-state index in [2.05, 4.69) is 32.7 Å². The molecule has 10 nitrogen and oxygen atoms in total. The number of Topliss-reactive ketones (excluding diaryl/α,β-unsaturated/α-hetero) is 1. The maximum Gasteiger partial charge on any atom is 0.428 e. The molecule has 0 amide bonds. The Morgan fingerprint density at radius 1 is 1.23 bits per heavy atom. The third-order valence-electron chi connectivity index (χ3n) is 6.99. The minimum atomic E-state index is -0.538. The Labute approximate surface area is 235 Å². The molecule has 3 N–H and O–H groups in total. The Morgan fingerprint density at radius 2 is 2.08 bits per heavy atom. The Morgan fingerprint density at radius 3 is 2.85 bits per heavy atom. The number of aryl methyl sites for hydroxylation is 2. The number of carbonyl (C=O) groups excluding carboxylic acids is 1. The van der Waals surface area contributed by atoms with Crippen molar-refractivity contribution in [1.29, 1.82) is 5.26 Å². The highest BCUT2D eigenvalue weighted by atomic mass is 16.5. The molecule has 0 radical (unpaired) electrons. The van der Waals surface area contributed by atoms with Gasteiger partial charge in [-0.3, -0.25) is 15.0 Å². The maximum absolute atomic E-state index is 12.4. The first kappa shape index (κ1) is 28.8. The lowest BCUT2D eigenvalue weighted by atomic mass is 10.1. The molecular weight excluding hydrogens is 506 g/mol. The summed E-state index contributed by atoms with van der Waals surface area (Å²) in [5.74, 6) is 1.92. The highest BCUT2D eigenvalue weighted by Gasteiger charge is 2.23. The molecular formula is C30H38N7O3+. The fourth-order valence-electron chi connectivity index (χ4n) is 4.72. The summed E-state index contributed by atoms with van der Waals surface area (Å²) in [5.41, 5.74) is 2.63. The summed E-state index contributed by atoms with van der Waals surface area (Å²) >= 11 is 0. The van der Waals surface area contributed by atoms with Crippen LogP contribution in [0.1, 0.15) is 49.4 Å². The predicted octanol–water partition coefficient (Wildman–Crippen LogP) is 3.39. The summed E-state index contributed by atoms with van der Waals surface area (Å²) in [6.45, 7) is 5.29. The van der Waals surface area contributed by atoms with E-state index in [1.54, 1.807) is 0 Å². The number of pyridine rings is 1. The minimum absolute atomic E-state index is 0.0567. The molecule has 1 aliphatic heterocycles. The fraction of sp³-hybridized carbons (Fsp3) is 0.433. The van der Waals surface area contributed by atoms with E-state index in [1.807, 2.05) is 36.4 Å². The largest absolute Gasteiger partial charge is 0.492 e. The van der Waals surface area contributed by atoms with Crippen molar-refractivity contribution >= 4 is 17.5 Å². The molecule has 0 saturated carbocycles. The summed E-state index contributed by atoms with van der Waals surface area (Å²) in [7, 11) is 0. The van der Waals surface area contributed by atoms with Crippen LogP contribution < -0.4 is 20.1 Å². The monoisotopic (exact) mass is 544 g/mol. The van der Waals surface area contributed by atoms with Crippen molar-refractivity contribution in [2.75, 3.05) is 43.4 Å². The number of nitrogens with one attached hydrogen (secondary N) is 2. The van der Waals surface area contributed by atoms with Crippen molar-refractivity contribution in [3.8, 4) is 11.8 Å². The molecule has 2 aromatic heterocycles. The summed E-state index contributed by atoms with van der Waals surface area (Å²) in [4.78, 5) is 23.6. The molecule has 0 unspecified atom stereocenters. The Hall–Kier alpha value is -4.23. The van der Waals surface area contributed by atoms with E-state index in [4.69, 9.17) is 15.0 Å². The van der Waals surface area contributed by atoms with Crippen LogP contribution in [0.25, 0.3) is 0 Å². The molecule has 0 saturated heterocycles. The normalized spacial score (nSPS) is 13.1. The number of rotatable bonds is 15. The van der Waals surface area contributed by atoms with Gasteiger partial charge in [-0.15, -0.1) is 0 Å². The van der Waals surface area contributed by atoms with Crippen LogP contribution in [-0.4, -0.2) is 64.7 Å². The number of hydrogen-bond donors (Lipinski definition) is 3. The molecule has 210 valence electrons. The highest BCUT2D eigenvalue weighted by molar-refractivity contribution is 5.83. The van der Waals surface area contributed by atoms with Crippen LogP contribution in [0.5, 0.6) is 5.75 Å². The minimum Gasteiger partial charge on any atom is -0.492 e. The van der Waals surface area contributed by atoms with E-state index < -0.39 is 6.04 Å². The number of hydrogen-bond acceptors (Lipinski definition) is 9. The standard InChI is InChI=1S/C30H37N7O3/c1-23(38)28(35-30-33-21-24(20-31)22-37(30)39)14-17-36(18-19-40-27-10-3-2-4-11-27)16-6-5-9-26-13-12-25-8-7-15-32-29(25)34-26/h2-4,10-13,21-22,28,39H,5-9,14-19H2,1H3,(H,32,34)/p+1/t28-/m0/s1. The number of anilines is 2. The number of nitriles is 1. The summed E-state index contributed by atoms with van der Waals surface area (Å²) in [6, 6.07) is 15.5. The molecule has 0 aliphatic carbocycles. The zero-order chi connectivity index (χ0) is 28.2. The third kappa shape index (κ3) is 8.64. The van der Waals surface area contributed by atoms with Gasteiger partial charge in [-0.2, -0.15) is 5.26 Å². The Kier molecular flexibility index (Phi) is 10.6. The first-order valence-electron chi connectivity index (χ1n) is 13.9. The number of ether oxygens (including phenoxy) is 1. The van der Waals surface area contributed by atoms with Crippen LogP contribution in [0.15, 0.2) is 54.9 Å². The van der Waals surface area contributed by atoms with E-state index in [9.17, 15) is 10.0 Å². The third-order valence-corrected chi connectivity index (χ3v) is 6.99. The van der Waals surface area contributed by atoms with E-state index >= 15 is 0 Å². The van der Waals surface area contributed by atoms with Gasteiger partial charge in [0.2, 0.25) is 0 Å². The Bertz CT molecular complexity index is 1300. The van der Waals surface area contributed by atoms with Crippen LogP contribution in [0, 0.1) is 11.3 Å². The molecule has 0 bridgehead atoms. The molecule has 0 spiro atoms. The van der Waals surface area contributed by atoms with Gasteiger partial charge in [-0.25, -0.2) is 4.98 Å². The van der Waals surface area contributed by atoms with E-state index in [1.165, 1.54) is 24.9 Å². The number of ketones is 1. The number of unbranched alkanes of at least 4 members (excludes halogenated alkanes) is 1. The van der Waals surface area contributed by atoms with Crippen LogP contribution in [-0.2, 0) is 17.6 Å². The van der Waals surface area contributed by atoms with Gasteiger partial charge in [0.1, 0.15) is 48.2 Å². The molecule has 4 rings (SSSR count). The van der Waals surface area contributed by atoms with Gasteiger partial charge < -0.3 is 15.3 Å². The SMILES string of the molecule is CC(=O)[C@H](CCN(CCCCc1ccc2c(n1)NCCC2)CCOc1ccccc1)Nc1ncc(C#N)c[n+]1O.